The smallest absolute Gasteiger partial charge is 0.264 e. The fourth-order valence-electron chi connectivity index (χ4n) is 4.29. The molecule has 1 amide bonds. The van der Waals surface area contributed by atoms with Crippen molar-refractivity contribution in [1.29, 1.82) is 0 Å². The SMILES string of the molecule is CCOc1ccc(C(=O)CC2(O)C(=O)N(Cc3ccc4c(c3)OCO4)c3ccccc32)cc1. The van der Waals surface area contributed by atoms with E-state index in [1.165, 1.54) is 4.90 Å². The summed E-state index contributed by atoms with van der Waals surface area (Å²) in [5.74, 6) is 1.08. The number of benzene rings is 3. The third-order valence-corrected chi connectivity index (χ3v) is 5.92. The second kappa shape index (κ2) is 8.26. The van der Waals surface area contributed by atoms with Crippen molar-refractivity contribution < 1.29 is 28.9 Å². The molecule has 0 saturated heterocycles. The second-order valence-electron chi connectivity index (χ2n) is 8.01. The lowest BCUT2D eigenvalue weighted by Gasteiger charge is -2.23. The molecule has 1 unspecified atom stereocenters. The van der Waals surface area contributed by atoms with Crippen LogP contribution in [0.5, 0.6) is 17.2 Å². The molecular formula is C26H23NO6. The molecule has 0 bridgehead atoms. The summed E-state index contributed by atoms with van der Waals surface area (Å²) in [5, 5.41) is 11.5. The number of Topliss-reactive ketones (excluding diaryl/α,β-unsaturated/α-hetero) is 1. The van der Waals surface area contributed by atoms with Crippen LogP contribution in [0.25, 0.3) is 0 Å². The predicted octanol–water partition coefficient (Wildman–Crippen LogP) is 3.82. The lowest BCUT2D eigenvalue weighted by Crippen LogP contribution is -2.41. The Morgan fingerprint density at radius 2 is 1.82 bits per heavy atom. The zero-order valence-electron chi connectivity index (χ0n) is 18.1. The number of para-hydroxylation sites is 1. The Bertz CT molecular complexity index is 1220. The van der Waals surface area contributed by atoms with E-state index in [2.05, 4.69) is 0 Å². The van der Waals surface area contributed by atoms with E-state index in [9.17, 15) is 14.7 Å². The van der Waals surface area contributed by atoms with Crippen molar-refractivity contribution in [3.63, 3.8) is 0 Å². The molecule has 0 spiro atoms. The molecule has 7 heteroatoms. The van der Waals surface area contributed by atoms with Crippen LogP contribution in [-0.2, 0) is 16.9 Å². The summed E-state index contributed by atoms with van der Waals surface area (Å²) in [4.78, 5) is 28.0. The van der Waals surface area contributed by atoms with Gasteiger partial charge in [0.25, 0.3) is 5.91 Å². The second-order valence-corrected chi connectivity index (χ2v) is 8.01. The fourth-order valence-corrected chi connectivity index (χ4v) is 4.29. The quantitative estimate of drug-likeness (QED) is 0.557. The Kier molecular flexibility index (Phi) is 5.26. The van der Waals surface area contributed by atoms with E-state index >= 15 is 0 Å². The van der Waals surface area contributed by atoms with E-state index < -0.39 is 11.5 Å². The van der Waals surface area contributed by atoms with Crippen LogP contribution in [0.1, 0.15) is 34.8 Å². The van der Waals surface area contributed by atoms with Crippen molar-refractivity contribution in [3.8, 4) is 17.2 Å². The van der Waals surface area contributed by atoms with Gasteiger partial charge in [-0.05, 0) is 55.0 Å². The van der Waals surface area contributed by atoms with Gasteiger partial charge >= 0.3 is 0 Å². The van der Waals surface area contributed by atoms with E-state index in [4.69, 9.17) is 14.2 Å². The van der Waals surface area contributed by atoms with E-state index in [1.807, 2.05) is 19.1 Å². The average Bonchev–Trinajstić information content (AvgIpc) is 3.37. The Hall–Kier alpha value is -3.84. The molecule has 168 valence electrons. The topological polar surface area (TPSA) is 85.3 Å². The third-order valence-electron chi connectivity index (χ3n) is 5.92. The highest BCUT2D eigenvalue weighted by atomic mass is 16.7. The first-order valence-electron chi connectivity index (χ1n) is 10.8. The predicted molar refractivity (Wildman–Crippen MR) is 121 cm³/mol. The Morgan fingerprint density at radius 3 is 2.61 bits per heavy atom. The van der Waals surface area contributed by atoms with Crippen molar-refractivity contribution >= 4 is 17.4 Å². The van der Waals surface area contributed by atoms with Gasteiger partial charge in [-0.1, -0.05) is 24.3 Å². The largest absolute Gasteiger partial charge is 0.494 e. The zero-order chi connectivity index (χ0) is 23.0. The first kappa shape index (κ1) is 21.0. The number of anilines is 1. The number of carbonyl (C=O) groups is 2. The minimum Gasteiger partial charge on any atom is -0.494 e. The molecule has 0 saturated carbocycles. The van der Waals surface area contributed by atoms with Crippen molar-refractivity contribution in [2.24, 2.45) is 0 Å². The number of fused-ring (bicyclic) bond motifs is 2. The molecule has 1 N–H and O–H groups in total. The first-order valence-corrected chi connectivity index (χ1v) is 10.8. The summed E-state index contributed by atoms with van der Waals surface area (Å²) in [6.07, 6.45) is -0.353. The first-order chi connectivity index (χ1) is 16.0. The van der Waals surface area contributed by atoms with Crippen LogP contribution in [-0.4, -0.2) is 30.2 Å². The normalized spacial score (nSPS) is 18.4. The van der Waals surface area contributed by atoms with Gasteiger partial charge in [0.2, 0.25) is 6.79 Å². The lowest BCUT2D eigenvalue weighted by atomic mass is 9.88. The number of ketones is 1. The van der Waals surface area contributed by atoms with Crippen LogP contribution in [0.3, 0.4) is 0 Å². The molecular weight excluding hydrogens is 422 g/mol. The van der Waals surface area contributed by atoms with Gasteiger partial charge in [0.05, 0.1) is 25.3 Å². The number of rotatable bonds is 7. The highest BCUT2D eigenvalue weighted by Gasteiger charge is 2.50. The molecule has 7 nitrogen and oxygen atoms in total. The van der Waals surface area contributed by atoms with Crippen LogP contribution in [0.15, 0.2) is 66.7 Å². The molecule has 0 aromatic heterocycles. The van der Waals surface area contributed by atoms with Crippen molar-refractivity contribution in [2.45, 2.75) is 25.5 Å². The molecule has 0 radical (unpaired) electrons. The van der Waals surface area contributed by atoms with E-state index in [0.717, 1.165) is 5.56 Å². The van der Waals surface area contributed by atoms with Gasteiger partial charge < -0.3 is 24.2 Å². The van der Waals surface area contributed by atoms with Crippen molar-refractivity contribution in [3.05, 3.63) is 83.4 Å². The van der Waals surface area contributed by atoms with Gasteiger partial charge in [-0.25, -0.2) is 0 Å². The molecule has 1 atom stereocenters. The molecule has 33 heavy (non-hydrogen) atoms. The van der Waals surface area contributed by atoms with Gasteiger partial charge in [-0.2, -0.15) is 0 Å². The van der Waals surface area contributed by atoms with Gasteiger partial charge in [-0.15, -0.1) is 0 Å². The van der Waals surface area contributed by atoms with Gasteiger partial charge in [-0.3, -0.25) is 9.59 Å². The lowest BCUT2D eigenvalue weighted by molar-refractivity contribution is -0.136. The molecule has 0 fully saturated rings. The molecule has 0 aliphatic carbocycles. The minimum atomic E-state index is -1.94. The standard InChI is InChI=1S/C26H23NO6/c1-2-31-19-10-8-18(9-11-19)22(28)14-26(30)20-5-3-4-6-21(20)27(25(26)29)15-17-7-12-23-24(13-17)33-16-32-23/h3-13,30H,2,14-16H2,1H3. The summed E-state index contributed by atoms with van der Waals surface area (Å²) in [7, 11) is 0. The van der Waals surface area contributed by atoms with Crippen LogP contribution < -0.4 is 19.1 Å². The van der Waals surface area contributed by atoms with E-state index in [-0.39, 0.29) is 25.5 Å². The van der Waals surface area contributed by atoms with Crippen LogP contribution in [0.4, 0.5) is 5.69 Å². The number of carbonyl (C=O) groups excluding carboxylic acids is 2. The maximum atomic E-state index is 13.5. The van der Waals surface area contributed by atoms with Crippen LogP contribution in [0.2, 0.25) is 0 Å². The molecule has 3 aromatic rings. The van der Waals surface area contributed by atoms with Crippen LogP contribution >= 0.6 is 0 Å². The third kappa shape index (κ3) is 3.70. The number of amides is 1. The van der Waals surface area contributed by atoms with E-state index in [0.29, 0.717) is 40.7 Å². The summed E-state index contributed by atoms with van der Waals surface area (Å²) in [5.41, 5.74) is 0.302. The Labute approximate surface area is 191 Å². The number of aliphatic hydroxyl groups is 1. The number of nitrogens with zero attached hydrogens (tertiary/aromatic N) is 1. The van der Waals surface area contributed by atoms with Crippen molar-refractivity contribution in [1.82, 2.24) is 0 Å². The van der Waals surface area contributed by atoms with Gasteiger partial charge in [0.1, 0.15) is 5.75 Å². The maximum Gasteiger partial charge on any atom is 0.264 e. The highest BCUT2D eigenvalue weighted by Crippen LogP contribution is 2.44. The minimum absolute atomic E-state index is 0.164. The molecule has 2 heterocycles. The zero-order valence-corrected chi connectivity index (χ0v) is 18.1. The van der Waals surface area contributed by atoms with Gasteiger partial charge in [0.15, 0.2) is 22.9 Å². The fraction of sp³-hybridized carbons (Fsp3) is 0.231. The number of hydrogen-bond donors (Lipinski definition) is 1. The molecule has 5 rings (SSSR count). The molecule has 3 aromatic carbocycles. The maximum absolute atomic E-state index is 13.5. The molecule has 2 aliphatic rings. The average molecular weight is 445 g/mol. The summed E-state index contributed by atoms with van der Waals surface area (Å²) in [6.45, 7) is 2.80. The highest BCUT2D eigenvalue weighted by molar-refractivity contribution is 6.10. The van der Waals surface area contributed by atoms with Crippen molar-refractivity contribution in [2.75, 3.05) is 18.3 Å². The number of ether oxygens (including phenoxy) is 3. The van der Waals surface area contributed by atoms with Gasteiger partial charge in [0, 0.05) is 11.1 Å². The Morgan fingerprint density at radius 1 is 1.06 bits per heavy atom. The number of hydrogen-bond acceptors (Lipinski definition) is 6. The summed E-state index contributed by atoms with van der Waals surface area (Å²) >= 11 is 0. The monoisotopic (exact) mass is 445 g/mol. The van der Waals surface area contributed by atoms with E-state index in [1.54, 1.807) is 54.6 Å². The Balaban J connectivity index is 1.42. The summed E-state index contributed by atoms with van der Waals surface area (Å²) in [6, 6.07) is 19.2. The van der Waals surface area contributed by atoms with Crippen LogP contribution in [0, 0.1) is 0 Å². The summed E-state index contributed by atoms with van der Waals surface area (Å²) < 4.78 is 16.2. The molecule has 2 aliphatic heterocycles.